The summed E-state index contributed by atoms with van der Waals surface area (Å²) in [7, 11) is 0. The summed E-state index contributed by atoms with van der Waals surface area (Å²) in [6, 6.07) is 75.8. The summed E-state index contributed by atoms with van der Waals surface area (Å²) >= 11 is 0. The molecule has 0 radical (unpaired) electrons. The second-order valence-corrected chi connectivity index (χ2v) is 15.3. The average molecular weight is 754 g/mol. The third kappa shape index (κ3) is 5.51. The van der Waals surface area contributed by atoms with Crippen molar-refractivity contribution in [1.29, 1.82) is 0 Å². The molecule has 59 heavy (non-hydrogen) atoms. The van der Waals surface area contributed by atoms with Crippen molar-refractivity contribution in [3.63, 3.8) is 0 Å². The third-order valence-corrected chi connectivity index (χ3v) is 11.9. The zero-order chi connectivity index (χ0) is 38.9. The molecule has 2 aromatic heterocycles. The normalized spacial score (nSPS) is 11.7. The Morgan fingerprint density at radius 3 is 1.73 bits per heavy atom. The van der Waals surface area contributed by atoms with Crippen LogP contribution in [0, 0.1) is 0 Å². The highest BCUT2D eigenvalue weighted by atomic mass is 16.3. The van der Waals surface area contributed by atoms with Gasteiger partial charge in [-0.05, 0) is 110 Å². The van der Waals surface area contributed by atoms with Crippen LogP contribution in [0.1, 0.15) is 0 Å². The molecule has 0 N–H and O–H groups in total. The fourth-order valence-corrected chi connectivity index (χ4v) is 8.98. The first kappa shape index (κ1) is 33.3. The molecule has 10 aromatic carbocycles. The Balaban J connectivity index is 0.951. The van der Waals surface area contributed by atoms with E-state index in [1.54, 1.807) is 0 Å². The molecule has 0 atom stereocenters. The highest BCUT2D eigenvalue weighted by Crippen LogP contribution is 2.43. The predicted octanol–water partition coefficient (Wildman–Crippen LogP) is 16.3. The maximum atomic E-state index is 6.81. The van der Waals surface area contributed by atoms with E-state index in [9.17, 15) is 0 Å². The molecule has 0 unspecified atom stereocenters. The maximum Gasteiger partial charge on any atom is 0.147 e. The number of anilines is 3. The summed E-state index contributed by atoms with van der Waals surface area (Å²) in [6.45, 7) is 0. The van der Waals surface area contributed by atoms with E-state index in [-0.39, 0.29) is 0 Å². The van der Waals surface area contributed by atoms with E-state index in [0.717, 1.165) is 82.8 Å². The van der Waals surface area contributed by atoms with Gasteiger partial charge in [-0.2, -0.15) is 0 Å². The van der Waals surface area contributed by atoms with Gasteiger partial charge in [-0.25, -0.2) is 0 Å². The van der Waals surface area contributed by atoms with Crippen LogP contribution in [0.5, 0.6) is 0 Å². The Bertz CT molecular complexity index is 3540. The van der Waals surface area contributed by atoms with E-state index >= 15 is 0 Å². The molecule has 0 bridgehead atoms. The van der Waals surface area contributed by atoms with Gasteiger partial charge in [0.15, 0.2) is 0 Å². The molecule has 276 valence electrons. The summed E-state index contributed by atoms with van der Waals surface area (Å²) in [5, 5.41) is 9.10. The maximum absolute atomic E-state index is 6.81. The van der Waals surface area contributed by atoms with Crippen LogP contribution in [0.15, 0.2) is 221 Å². The highest BCUT2D eigenvalue weighted by molar-refractivity contribution is 6.23. The summed E-state index contributed by atoms with van der Waals surface area (Å²) in [5.74, 6) is 0. The summed E-state index contributed by atoms with van der Waals surface area (Å²) in [5.41, 5.74) is 13.7. The Morgan fingerprint density at radius 1 is 0.288 bits per heavy atom. The molecule has 12 aromatic rings. The predicted molar refractivity (Wildman–Crippen MR) is 247 cm³/mol. The van der Waals surface area contributed by atoms with Crippen molar-refractivity contribution in [2.75, 3.05) is 4.90 Å². The van der Waals surface area contributed by atoms with Crippen molar-refractivity contribution in [3.8, 4) is 33.4 Å². The van der Waals surface area contributed by atoms with Crippen molar-refractivity contribution in [3.05, 3.63) is 212 Å². The number of furan rings is 2. The van der Waals surface area contributed by atoms with E-state index in [0.29, 0.717) is 0 Å². The van der Waals surface area contributed by atoms with E-state index in [2.05, 4.69) is 205 Å². The first-order chi connectivity index (χ1) is 29.2. The average Bonchev–Trinajstić information content (AvgIpc) is 3.88. The number of hydrogen-bond acceptors (Lipinski definition) is 3. The largest absolute Gasteiger partial charge is 0.456 e. The first-order valence-electron chi connectivity index (χ1n) is 20.1. The van der Waals surface area contributed by atoms with Crippen LogP contribution in [0.3, 0.4) is 0 Å². The molecule has 0 aliphatic carbocycles. The van der Waals surface area contributed by atoms with Gasteiger partial charge in [-0.1, -0.05) is 152 Å². The standard InChI is InChI=1S/C56H35NO2/c1-2-10-36(11-3-1)37-22-27-43(28-23-37)57(44-29-24-39(25-30-44)47-16-8-13-38-12-4-5-14-46(38)47)45-31-26-40-34-42(21-20-41(40)35-45)48-17-9-18-49-50-32-33-53-54(56(50)59-55(48)49)51-15-6-7-19-52(51)58-53/h1-35H. The molecule has 0 amide bonds. The van der Waals surface area contributed by atoms with E-state index in [1.165, 1.54) is 33.0 Å². The Hall–Kier alpha value is -7.88. The lowest BCUT2D eigenvalue weighted by Crippen LogP contribution is -2.09. The number of nitrogens with zero attached hydrogens (tertiary/aromatic N) is 1. The van der Waals surface area contributed by atoms with Crippen LogP contribution in [0.25, 0.3) is 98.8 Å². The molecule has 3 heteroatoms. The monoisotopic (exact) mass is 753 g/mol. The fraction of sp³-hybridized carbons (Fsp3) is 0. The SMILES string of the molecule is c1ccc(-c2ccc(N(c3ccc(-c4cccc5ccccc45)cc3)c3ccc4cc(-c5cccc6c5oc5c6ccc6oc7ccccc7c65)ccc4c3)cc2)cc1. The van der Waals surface area contributed by atoms with Gasteiger partial charge in [0.1, 0.15) is 22.3 Å². The second-order valence-electron chi connectivity index (χ2n) is 15.3. The number of benzene rings is 10. The lowest BCUT2D eigenvalue weighted by atomic mass is 9.97. The van der Waals surface area contributed by atoms with Crippen LogP contribution in [0.4, 0.5) is 17.1 Å². The smallest absolute Gasteiger partial charge is 0.147 e. The Kier molecular flexibility index (Phi) is 7.54. The Labute approximate surface area is 340 Å². The Morgan fingerprint density at radius 2 is 0.881 bits per heavy atom. The molecule has 0 aliphatic rings. The van der Waals surface area contributed by atoms with Crippen LogP contribution in [-0.4, -0.2) is 0 Å². The van der Waals surface area contributed by atoms with Crippen LogP contribution < -0.4 is 4.90 Å². The zero-order valence-corrected chi connectivity index (χ0v) is 32.0. The number of para-hydroxylation sites is 2. The van der Waals surface area contributed by atoms with Gasteiger partial charge >= 0.3 is 0 Å². The minimum Gasteiger partial charge on any atom is -0.456 e. The molecule has 0 saturated heterocycles. The number of hydrogen-bond donors (Lipinski definition) is 0. The summed E-state index contributed by atoms with van der Waals surface area (Å²) in [4.78, 5) is 2.35. The third-order valence-electron chi connectivity index (χ3n) is 11.9. The number of fused-ring (bicyclic) bond motifs is 9. The second kappa shape index (κ2) is 13.4. The van der Waals surface area contributed by atoms with Gasteiger partial charge in [-0.15, -0.1) is 0 Å². The first-order valence-corrected chi connectivity index (χ1v) is 20.1. The van der Waals surface area contributed by atoms with Crippen molar-refractivity contribution in [2.45, 2.75) is 0 Å². The number of rotatable bonds is 6. The van der Waals surface area contributed by atoms with Gasteiger partial charge in [0.25, 0.3) is 0 Å². The van der Waals surface area contributed by atoms with E-state index in [1.807, 2.05) is 12.1 Å². The zero-order valence-electron chi connectivity index (χ0n) is 32.0. The van der Waals surface area contributed by atoms with E-state index < -0.39 is 0 Å². The van der Waals surface area contributed by atoms with Crippen molar-refractivity contribution < 1.29 is 8.83 Å². The highest BCUT2D eigenvalue weighted by Gasteiger charge is 2.19. The van der Waals surface area contributed by atoms with Crippen LogP contribution in [0.2, 0.25) is 0 Å². The molecular weight excluding hydrogens is 719 g/mol. The topological polar surface area (TPSA) is 29.5 Å². The van der Waals surface area contributed by atoms with Crippen LogP contribution in [-0.2, 0) is 0 Å². The quantitative estimate of drug-likeness (QED) is 0.169. The minimum absolute atomic E-state index is 0.836. The van der Waals surface area contributed by atoms with Gasteiger partial charge < -0.3 is 13.7 Å². The van der Waals surface area contributed by atoms with Gasteiger partial charge in [0.05, 0.1) is 5.39 Å². The fourth-order valence-electron chi connectivity index (χ4n) is 8.98. The summed E-state index contributed by atoms with van der Waals surface area (Å²) < 4.78 is 13.0. The lowest BCUT2D eigenvalue weighted by molar-refractivity contribution is 0.663. The van der Waals surface area contributed by atoms with Crippen molar-refractivity contribution in [2.24, 2.45) is 0 Å². The molecule has 12 rings (SSSR count). The molecule has 2 heterocycles. The molecule has 0 saturated carbocycles. The van der Waals surface area contributed by atoms with Crippen molar-refractivity contribution >= 4 is 82.5 Å². The van der Waals surface area contributed by atoms with Gasteiger partial charge in [-0.3, -0.25) is 0 Å². The van der Waals surface area contributed by atoms with Crippen LogP contribution >= 0.6 is 0 Å². The lowest BCUT2D eigenvalue weighted by Gasteiger charge is -2.26. The summed E-state index contributed by atoms with van der Waals surface area (Å²) in [6.07, 6.45) is 0. The molecular formula is C56H35NO2. The van der Waals surface area contributed by atoms with E-state index in [4.69, 9.17) is 8.83 Å². The van der Waals surface area contributed by atoms with Crippen molar-refractivity contribution in [1.82, 2.24) is 0 Å². The molecule has 0 spiro atoms. The minimum atomic E-state index is 0.836. The van der Waals surface area contributed by atoms with Gasteiger partial charge in [0.2, 0.25) is 0 Å². The molecule has 0 aliphatic heterocycles. The van der Waals surface area contributed by atoms with Gasteiger partial charge in [0, 0.05) is 38.8 Å². The molecule has 3 nitrogen and oxygen atoms in total. The molecule has 0 fully saturated rings.